The Morgan fingerprint density at radius 3 is 2.32 bits per heavy atom. The molecule has 0 heterocycles. The van der Waals surface area contributed by atoms with Crippen molar-refractivity contribution in [3.8, 4) is 0 Å². The summed E-state index contributed by atoms with van der Waals surface area (Å²) < 4.78 is 11.2. The molecule has 34 heavy (non-hydrogen) atoms. The first-order chi connectivity index (χ1) is 16.1. The number of benzene rings is 1. The Hall–Kier alpha value is -2.22. The van der Waals surface area contributed by atoms with Crippen molar-refractivity contribution in [2.75, 3.05) is 6.61 Å². The Labute approximate surface area is 204 Å². The first kappa shape index (κ1) is 28.0. The predicted octanol–water partition coefficient (Wildman–Crippen LogP) is 4.76. The number of carbonyl (C=O) groups excluding carboxylic acids is 2. The predicted molar refractivity (Wildman–Crippen MR) is 133 cm³/mol. The highest BCUT2D eigenvalue weighted by atomic mass is 16.8. The number of hydroxylamine groups is 1. The summed E-state index contributed by atoms with van der Waals surface area (Å²) in [5.74, 6) is -0.0576. The molecule has 1 aliphatic carbocycles. The molecule has 7 nitrogen and oxygen atoms in total. The van der Waals surface area contributed by atoms with E-state index in [0.717, 1.165) is 36.8 Å². The average molecular weight is 475 g/mol. The number of ether oxygens (including phenoxy) is 2. The van der Waals surface area contributed by atoms with E-state index in [-0.39, 0.29) is 23.9 Å². The summed E-state index contributed by atoms with van der Waals surface area (Å²) >= 11 is 0. The molecule has 0 spiro atoms. The highest BCUT2D eigenvalue weighted by molar-refractivity contribution is 5.90. The molecule has 0 saturated heterocycles. The number of carbonyl (C=O) groups is 2. The first-order valence-electron chi connectivity index (χ1n) is 12.4. The zero-order chi connectivity index (χ0) is 25.1. The zero-order valence-electron chi connectivity index (χ0n) is 21.6. The molecule has 190 valence electrons. The number of rotatable bonds is 13. The Kier molecular flexibility index (Phi) is 11.2. The van der Waals surface area contributed by atoms with E-state index in [4.69, 9.17) is 14.3 Å². The fourth-order valence-electron chi connectivity index (χ4n) is 3.53. The van der Waals surface area contributed by atoms with Crippen LogP contribution in [0.2, 0.25) is 0 Å². The van der Waals surface area contributed by atoms with E-state index in [9.17, 15) is 9.59 Å². The minimum Gasteiger partial charge on any atom is -0.461 e. The highest BCUT2D eigenvalue weighted by Gasteiger charge is 2.39. The summed E-state index contributed by atoms with van der Waals surface area (Å²) in [5, 5.41) is 3.41. The number of esters is 1. The molecule has 0 bridgehead atoms. The lowest BCUT2D eigenvalue weighted by atomic mass is 9.88. The van der Waals surface area contributed by atoms with E-state index in [2.05, 4.69) is 10.8 Å². The van der Waals surface area contributed by atoms with E-state index in [1.54, 1.807) is 13.0 Å². The van der Waals surface area contributed by atoms with Crippen molar-refractivity contribution >= 4 is 18.0 Å². The standard InChI is InChI=1S/C27H42N2O5/c1-19(2)18-32-21(5)34-29-25(30)16-15-22-11-13-23(14-12-22)17-28-27(6,20(3)4)26(31)33-24-9-7-8-10-24/h11-16,19-21,24,28H,7-10,17-18H2,1-6H3,(H,29,30)/b16-15+/t21?,27-/m1/s1. The smallest absolute Gasteiger partial charge is 0.326 e. The normalized spacial score (nSPS) is 17.3. The summed E-state index contributed by atoms with van der Waals surface area (Å²) in [6, 6.07) is 7.82. The van der Waals surface area contributed by atoms with Crippen LogP contribution in [0.25, 0.3) is 6.08 Å². The molecule has 1 saturated carbocycles. The minimum absolute atomic E-state index is 0.0526. The van der Waals surface area contributed by atoms with Crippen LogP contribution in [0.1, 0.15) is 78.4 Å². The van der Waals surface area contributed by atoms with Crippen LogP contribution in [0.4, 0.5) is 0 Å². The summed E-state index contributed by atoms with van der Waals surface area (Å²) in [7, 11) is 0. The van der Waals surface area contributed by atoms with Gasteiger partial charge in [-0.25, -0.2) is 10.3 Å². The topological polar surface area (TPSA) is 85.9 Å². The molecule has 2 N–H and O–H groups in total. The van der Waals surface area contributed by atoms with Crippen LogP contribution in [0, 0.1) is 11.8 Å². The maximum absolute atomic E-state index is 12.9. The lowest BCUT2D eigenvalue weighted by Crippen LogP contribution is -2.54. The van der Waals surface area contributed by atoms with Gasteiger partial charge in [-0.1, -0.05) is 52.0 Å². The lowest BCUT2D eigenvalue weighted by molar-refractivity contribution is -0.180. The average Bonchev–Trinajstić information content (AvgIpc) is 3.31. The second-order valence-electron chi connectivity index (χ2n) is 9.98. The van der Waals surface area contributed by atoms with Crippen LogP contribution in [0.15, 0.2) is 30.3 Å². The molecule has 2 atom stereocenters. The van der Waals surface area contributed by atoms with Crippen molar-refractivity contribution in [3.05, 3.63) is 41.5 Å². The van der Waals surface area contributed by atoms with Gasteiger partial charge in [-0.15, -0.1) is 0 Å². The van der Waals surface area contributed by atoms with E-state index in [0.29, 0.717) is 19.1 Å². The van der Waals surface area contributed by atoms with Crippen LogP contribution < -0.4 is 10.8 Å². The van der Waals surface area contributed by atoms with Crippen LogP contribution in [-0.4, -0.2) is 36.4 Å². The van der Waals surface area contributed by atoms with Gasteiger partial charge >= 0.3 is 5.97 Å². The van der Waals surface area contributed by atoms with Gasteiger partial charge in [-0.2, -0.15) is 0 Å². The highest BCUT2D eigenvalue weighted by Crippen LogP contribution is 2.26. The van der Waals surface area contributed by atoms with Gasteiger partial charge in [-0.3, -0.25) is 14.9 Å². The van der Waals surface area contributed by atoms with Crippen molar-refractivity contribution in [2.24, 2.45) is 11.8 Å². The number of hydrogen-bond donors (Lipinski definition) is 2. The Morgan fingerprint density at radius 1 is 1.09 bits per heavy atom. The third kappa shape index (κ3) is 9.20. The van der Waals surface area contributed by atoms with E-state index < -0.39 is 11.8 Å². The second kappa shape index (κ2) is 13.6. The van der Waals surface area contributed by atoms with Gasteiger partial charge < -0.3 is 9.47 Å². The van der Waals surface area contributed by atoms with E-state index >= 15 is 0 Å². The second-order valence-corrected chi connectivity index (χ2v) is 9.98. The number of nitrogens with one attached hydrogen (secondary N) is 2. The van der Waals surface area contributed by atoms with Crippen molar-refractivity contribution in [1.82, 2.24) is 10.8 Å². The van der Waals surface area contributed by atoms with Crippen LogP contribution in [0.3, 0.4) is 0 Å². The molecular formula is C27H42N2O5. The summed E-state index contributed by atoms with van der Waals surface area (Å²) in [6.07, 6.45) is 6.85. The SMILES string of the molecule is CC(C)COC(C)ONC(=O)/C=C/c1ccc(CN[C@@](C)(C(=O)OC2CCCC2)C(C)C)cc1. The molecule has 0 aliphatic heterocycles. The molecule has 1 amide bonds. The van der Waals surface area contributed by atoms with Crippen molar-refractivity contribution in [1.29, 1.82) is 0 Å². The largest absolute Gasteiger partial charge is 0.461 e. The van der Waals surface area contributed by atoms with Gasteiger partial charge in [0.15, 0.2) is 6.29 Å². The van der Waals surface area contributed by atoms with Gasteiger partial charge in [0, 0.05) is 12.6 Å². The number of hydrogen-bond acceptors (Lipinski definition) is 6. The Morgan fingerprint density at radius 2 is 1.74 bits per heavy atom. The fourth-order valence-corrected chi connectivity index (χ4v) is 3.53. The quantitative estimate of drug-likeness (QED) is 0.186. The maximum Gasteiger partial charge on any atom is 0.326 e. The molecule has 0 aromatic heterocycles. The van der Waals surface area contributed by atoms with Crippen molar-refractivity contribution in [2.45, 2.75) is 91.7 Å². The molecular weight excluding hydrogens is 432 g/mol. The van der Waals surface area contributed by atoms with Crippen LogP contribution >= 0.6 is 0 Å². The molecule has 7 heteroatoms. The van der Waals surface area contributed by atoms with Gasteiger partial charge in [0.1, 0.15) is 11.6 Å². The van der Waals surface area contributed by atoms with Crippen molar-refractivity contribution in [3.63, 3.8) is 0 Å². The van der Waals surface area contributed by atoms with Gasteiger partial charge in [0.05, 0.1) is 6.61 Å². The molecule has 1 aromatic carbocycles. The summed E-state index contributed by atoms with van der Waals surface area (Å²) in [4.78, 5) is 30.0. The molecule has 0 radical (unpaired) electrons. The summed E-state index contributed by atoms with van der Waals surface area (Å²) in [5.41, 5.74) is 3.54. The molecule has 1 fully saturated rings. The van der Waals surface area contributed by atoms with Crippen LogP contribution in [-0.2, 0) is 30.4 Å². The Bertz CT molecular complexity index is 800. The van der Waals surface area contributed by atoms with Crippen LogP contribution in [0.5, 0.6) is 0 Å². The summed E-state index contributed by atoms with van der Waals surface area (Å²) in [6.45, 7) is 12.9. The van der Waals surface area contributed by atoms with E-state index in [1.807, 2.05) is 58.9 Å². The molecule has 1 aliphatic rings. The maximum atomic E-state index is 12.9. The third-order valence-corrected chi connectivity index (χ3v) is 6.21. The third-order valence-electron chi connectivity index (χ3n) is 6.21. The molecule has 1 unspecified atom stereocenters. The zero-order valence-corrected chi connectivity index (χ0v) is 21.6. The number of amides is 1. The van der Waals surface area contributed by atoms with Gasteiger partial charge in [0.2, 0.25) is 0 Å². The van der Waals surface area contributed by atoms with E-state index in [1.165, 1.54) is 6.08 Å². The minimum atomic E-state index is -0.755. The lowest BCUT2D eigenvalue weighted by Gasteiger charge is -2.33. The fraction of sp³-hybridized carbons (Fsp3) is 0.630. The molecule has 1 aromatic rings. The van der Waals surface area contributed by atoms with Gasteiger partial charge in [-0.05, 0) is 68.6 Å². The van der Waals surface area contributed by atoms with Gasteiger partial charge in [0.25, 0.3) is 5.91 Å². The monoisotopic (exact) mass is 474 g/mol. The Balaban J connectivity index is 1.83. The molecule has 2 rings (SSSR count). The first-order valence-corrected chi connectivity index (χ1v) is 12.4. The van der Waals surface area contributed by atoms with Crippen molar-refractivity contribution < 1.29 is 23.9 Å².